The third kappa shape index (κ3) is 5.28. The lowest BCUT2D eigenvalue weighted by Gasteiger charge is -1.99. The van der Waals surface area contributed by atoms with E-state index >= 15 is 0 Å². The van der Waals surface area contributed by atoms with E-state index in [2.05, 4.69) is 0 Å². The average molecular weight is 128 g/mol. The summed E-state index contributed by atoms with van der Waals surface area (Å²) in [5.41, 5.74) is 0. The molecular formula is C7H12O2. The molecule has 2 heteroatoms. The molecule has 0 aromatic rings. The summed E-state index contributed by atoms with van der Waals surface area (Å²) in [6.07, 6.45) is 3.24. The minimum absolute atomic E-state index is 0.581. The highest BCUT2D eigenvalue weighted by Gasteiger charge is 1.95. The van der Waals surface area contributed by atoms with E-state index in [1.54, 1.807) is 5.94 Å². The van der Waals surface area contributed by atoms with Crippen molar-refractivity contribution in [2.24, 2.45) is 0 Å². The van der Waals surface area contributed by atoms with E-state index in [9.17, 15) is 4.79 Å². The van der Waals surface area contributed by atoms with Gasteiger partial charge in [-0.25, -0.2) is 4.79 Å². The molecule has 0 spiro atoms. The smallest absolute Gasteiger partial charge is 0.122 e. The van der Waals surface area contributed by atoms with E-state index in [0.717, 1.165) is 18.9 Å². The van der Waals surface area contributed by atoms with Gasteiger partial charge >= 0.3 is 0 Å². The van der Waals surface area contributed by atoms with E-state index in [1.807, 2.05) is 6.92 Å². The average Bonchev–Trinajstić information content (AvgIpc) is 1.85. The number of carbonyl (C=O) groups excluding carboxylic acids is 1. The van der Waals surface area contributed by atoms with Crippen molar-refractivity contribution in [2.75, 3.05) is 0 Å². The first-order valence-electron chi connectivity index (χ1n) is 3.20. The number of aliphatic hydroxyl groups is 1. The molecule has 0 saturated heterocycles. The van der Waals surface area contributed by atoms with E-state index in [-0.39, 0.29) is 0 Å². The van der Waals surface area contributed by atoms with Crippen LogP contribution < -0.4 is 0 Å². The first-order chi connectivity index (χ1) is 4.31. The van der Waals surface area contributed by atoms with Crippen LogP contribution in [0.4, 0.5) is 0 Å². The van der Waals surface area contributed by atoms with Crippen molar-refractivity contribution in [3.8, 4) is 0 Å². The number of hydrogen-bond acceptors (Lipinski definition) is 2. The van der Waals surface area contributed by atoms with Gasteiger partial charge in [0.1, 0.15) is 5.94 Å². The molecule has 2 nitrogen and oxygen atoms in total. The van der Waals surface area contributed by atoms with Crippen LogP contribution in [0.5, 0.6) is 0 Å². The highest BCUT2D eigenvalue weighted by Crippen LogP contribution is 1.99. The van der Waals surface area contributed by atoms with Crippen LogP contribution in [0.3, 0.4) is 0 Å². The second-order valence-corrected chi connectivity index (χ2v) is 1.99. The zero-order chi connectivity index (χ0) is 7.11. The summed E-state index contributed by atoms with van der Waals surface area (Å²) in [4.78, 5) is 9.64. The number of unbranched alkanes of at least 4 members (excludes halogenated alkanes) is 1. The van der Waals surface area contributed by atoms with Gasteiger partial charge in [-0.2, -0.15) is 0 Å². The van der Waals surface area contributed by atoms with Gasteiger partial charge in [0, 0.05) is 6.08 Å². The first-order valence-corrected chi connectivity index (χ1v) is 3.20. The molecule has 0 radical (unpaired) electrons. The summed E-state index contributed by atoms with van der Waals surface area (Å²) in [6.45, 7) is 2.04. The molecule has 1 atom stereocenters. The number of aliphatic hydroxyl groups excluding tert-OH is 1. The highest BCUT2D eigenvalue weighted by molar-refractivity contribution is 5.45. The van der Waals surface area contributed by atoms with Crippen LogP contribution in [0.25, 0.3) is 0 Å². The maximum Gasteiger partial charge on any atom is 0.122 e. The molecule has 0 rings (SSSR count). The fourth-order valence-corrected chi connectivity index (χ4v) is 0.575. The van der Waals surface area contributed by atoms with Crippen LogP contribution in [0.1, 0.15) is 26.2 Å². The summed E-state index contributed by atoms with van der Waals surface area (Å²) < 4.78 is 0. The maximum absolute atomic E-state index is 9.64. The van der Waals surface area contributed by atoms with E-state index < -0.39 is 6.10 Å². The molecule has 0 aliphatic rings. The molecule has 0 saturated carbocycles. The van der Waals surface area contributed by atoms with Crippen LogP contribution in [-0.2, 0) is 4.79 Å². The van der Waals surface area contributed by atoms with Crippen molar-refractivity contribution in [2.45, 2.75) is 32.3 Å². The summed E-state index contributed by atoms with van der Waals surface area (Å²) in [7, 11) is 0. The van der Waals surface area contributed by atoms with Crippen LogP contribution in [-0.4, -0.2) is 17.2 Å². The first kappa shape index (κ1) is 8.41. The molecule has 1 unspecified atom stereocenters. The SMILES string of the molecule is CCCCC(O)C=C=O. The maximum atomic E-state index is 9.64. The fraction of sp³-hybridized carbons (Fsp3) is 0.714. The van der Waals surface area contributed by atoms with Gasteiger partial charge in [-0.05, 0) is 6.42 Å². The van der Waals surface area contributed by atoms with Gasteiger partial charge in [0.15, 0.2) is 0 Å². The lowest BCUT2D eigenvalue weighted by Crippen LogP contribution is -2.00. The van der Waals surface area contributed by atoms with Crippen molar-refractivity contribution >= 4 is 5.94 Å². The van der Waals surface area contributed by atoms with Crippen molar-refractivity contribution in [3.63, 3.8) is 0 Å². The number of hydrogen-bond donors (Lipinski definition) is 1. The van der Waals surface area contributed by atoms with E-state index in [1.165, 1.54) is 0 Å². The third-order valence-corrected chi connectivity index (χ3v) is 1.11. The van der Waals surface area contributed by atoms with Gasteiger partial charge in [0.25, 0.3) is 0 Å². The molecule has 0 aromatic heterocycles. The van der Waals surface area contributed by atoms with Crippen LogP contribution >= 0.6 is 0 Å². The molecule has 9 heavy (non-hydrogen) atoms. The standard InChI is InChI=1S/C7H12O2/c1-2-3-4-7(9)5-6-8/h5,7,9H,2-4H2,1H3. The van der Waals surface area contributed by atoms with Gasteiger partial charge < -0.3 is 5.11 Å². The summed E-state index contributed by atoms with van der Waals surface area (Å²) >= 11 is 0. The van der Waals surface area contributed by atoms with E-state index in [4.69, 9.17) is 5.11 Å². The largest absolute Gasteiger partial charge is 0.388 e. The second kappa shape index (κ2) is 5.54. The molecule has 1 N–H and O–H groups in total. The Morgan fingerprint density at radius 2 is 2.44 bits per heavy atom. The van der Waals surface area contributed by atoms with Gasteiger partial charge in [0.05, 0.1) is 6.10 Å². The molecule has 0 bridgehead atoms. The Hall–Kier alpha value is -0.590. The Kier molecular flexibility index (Phi) is 5.18. The Balaban J connectivity index is 3.26. The quantitative estimate of drug-likeness (QED) is 0.572. The van der Waals surface area contributed by atoms with Crippen molar-refractivity contribution in [3.05, 3.63) is 6.08 Å². The molecule has 0 aliphatic carbocycles. The lowest BCUT2D eigenvalue weighted by atomic mass is 10.2. The monoisotopic (exact) mass is 128 g/mol. The Labute approximate surface area is 55.2 Å². The molecule has 0 aliphatic heterocycles. The lowest BCUT2D eigenvalue weighted by molar-refractivity contribution is 0.210. The molecule has 0 heterocycles. The minimum atomic E-state index is -0.581. The normalized spacial score (nSPS) is 12.2. The fourth-order valence-electron chi connectivity index (χ4n) is 0.575. The molecule has 0 amide bonds. The summed E-state index contributed by atoms with van der Waals surface area (Å²) in [6, 6.07) is 0. The van der Waals surface area contributed by atoms with Crippen LogP contribution in [0.2, 0.25) is 0 Å². The van der Waals surface area contributed by atoms with Gasteiger partial charge in [0.2, 0.25) is 0 Å². The third-order valence-electron chi connectivity index (χ3n) is 1.11. The van der Waals surface area contributed by atoms with Gasteiger partial charge in [-0.15, -0.1) is 0 Å². The molecule has 0 fully saturated rings. The number of rotatable bonds is 4. The molecular weight excluding hydrogens is 116 g/mol. The van der Waals surface area contributed by atoms with Crippen molar-refractivity contribution in [1.82, 2.24) is 0 Å². The second-order valence-electron chi connectivity index (χ2n) is 1.99. The van der Waals surface area contributed by atoms with E-state index in [0.29, 0.717) is 6.42 Å². The van der Waals surface area contributed by atoms with Crippen LogP contribution in [0.15, 0.2) is 6.08 Å². The van der Waals surface area contributed by atoms with Gasteiger partial charge in [-0.3, -0.25) is 0 Å². The molecule has 0 aromatic carbocycles. The Morgan fingerprint density at radius 3 is 2.89 bits per heavy atom. The summed E-state index contributed by atoms with van der Waals surface area (Å²) in [5.74, 6) is 1.55. The minimum Gasteiger partial charge on any atom is -0.388 e. The topological polar surface area (TPSA) is 37.3 Å². The van der Waals surface area contributed by atoms with Crippen molar-refractivity contribution in [1.29, 1.82) is 0 Å². The zero-order valence-electron chi connectivity index (χ0n) is 5.63. The summed E-state index contributed by atoms with van der Waals surface area (Å²) in [5, 5.41) is 8.86. The Morgan fingerprint density at radius 1 is 1.78 bits per heavy atom. The zero-order valence-corrected chi connectivity index (χ0v) is 5.63. The van der Waals surface area contributed by atoms with Crippen LogP contribution in [0, 0.1) is 0 Å². The van der Waals surface area contributed by atoms with Gasteiger partial charge in [-0.1, -0.05) is 19.8 Å². The molecule has 52 valence electrons. The predicted octanol–water partition coefficient (Wildman–Crippen LogP) is 0.925. The Bertz CT molecular complexity index is 103. The highest BCUT2D eigenvalue weighted by atomic mass is 16.3. The predicted molar refractivity (Wildman–Crippen MR) is 35.8 cm³/mol. The van der Waals surface area contributed by atoms with Crippen molar-refractivity contribution < 1.29 is 9.90 Å².